The quantitative estimate of drug-likeness (QED) is 0.0666. The van der Waals surface area contributed by atoms with Crippen LogP contribution in [0.15, 0.2) is 146 Å². The molecular weight excluding hydrogens is 637 g/mol. The predicted octanol–water partition coefficient (Wildman–Crippen LogP) is 9.48. The fourth-order valence-corrected chi connectivity index (χ4v) is 5.27. The summed E-state index contributed by atoms with van der Waals surface area (Å²) >= 11 is 0. The number of hydrogen-bond donors (Lipinski definition) is 6. The highest BCUT2D eigenvalue weighted by atomic mass is 14.8. The molecule has 0 heterocycles. The number of benzene rings is 6. The van der Waals surface area contributed by atoms with Crippen molar-refractivity contribution in [1.82, 2.24) is 0 Å². The first-order valence-electron chi connectivity index (χ1n) is 17.5. The fourth-order valence-electron chi connectivity index (χ4n) is 5.27. The maximum Gasteiger partial charge on any atom is 0.0340 e. The minimum atomic E-state index is 0.713. The monoisotopic (exact) mass is 690 g/mol. The average Bonchev–Trinajstić information content (AvgIpc) is 3.17. The Morgan fingerprint density at radius 1 is 0.442 bits per heavy atom. The van der Waals surface area contributed by atoms with Crippen molar-refractivity contribution in [3.8, 4) is 12.3 Å². The molecule has 0 saturated heterocycles. The summed E-state index contributed by atoms with van der Waals surface area (Å²) in [5.41, 5.74) is 30.3. The second-order valence-corrected chi connectivity index (χ2v) is 12.3. The summed E-state index contributed by atoms with van der Waals surface area (Å²) in [6.45, 7) is 2.08. The first kappa shape index (κ1) is 40.1. The Bertz CT molecular complexity index is 1880. The summed E-state index contributed by atoms with van der Waals surface area (Å²) in [6, 6.07) is 48.7. The zero-order chi connectivity index (χ0) is 37.6. The van der Waals surface area contributed by atoms with Crippen molar-refractivity contribution in [1.29, 1.82) is 0 Å². The Balaban J connectivity index is 0.000000195. The van der Waals surface area contributed by atoms with E-state index >= 15 is 0 Å². The van der Waals surface area contributed by atoms with Crippen LogP contribution in [0, 0.1) is 19.3 Å². The summed E-state index contributed by atoms with van der Waals surface area (Å²) in [4.78, 5) is 0. The van der Waals surface area contributed by atoms with Gasteiger partial charge < -0.3 is 33.2 Å². The molecular formula is C46H54N6. The van der Waals surface area contributed by atoms with Crippen LogP contribution in [0.3, 0.4) is 0 Å². The number of rotatable bonds is 9. The highest BCUT2D eigenvalue weighted by Gasteiger charge is 1.99. The Morgan fingerprint density at radius 2 is 0.788 bits per heavy atom. The number of hydrogen-bond acceptors (Lipinski definition) is 6. The van der Waals surface area contributed by atoms with E-state index in [-0.39, 0.29) is 0 Å². The number of aryl methyl sites for hydroxylation is 5. The van der Waals surface area contributed by atoms with Crippen molar-refractivity contribution in [2.24, 2.45) is 0 Å². The maximum atomic E-state index is 5.76. The summed E-state index contributed by atoms with van der Waals surface area (Å²) in [5.74, 6) is 2.49. The predicted molar refractivity (Wildman–Crippen MR) is 228 cm³/mol. The van der Waals surface area contributed by atoms with E-state index in [1.807, 2.05) is 81.8 Å². The maximum absolute atomic E-state index is 5.76. The van der Waals surface area contributed by atoms with Crippen LogP contribution in [0.25, 0.3) is 0 Å². The number of anilines is 6. The number of nitrogens with two attached hydrogens (primary N) is 3. The normalized spacial score (nSPS) is 9.67. The molecule has 0 fully saturated rings. The average molecular weight is 691 g/mol. The van der Waals surface area contributed by atoms with Gasteiger partial charge in [0.2, 0.25) is 0 Å². The molecule has 6 nitrogen and oxygen atoms in total. The van der Waals surface area contributed by atoms with Crippen molar-refractivity contribution >= 4 is 34.1 Å². The van der Waals surface area contributed by atoms with E-state index < -0.39 is 0 Å². The van der Waals surface area contributed by atoms with Crippen LogP contribution in [0.5, 0.6) is 0 Å². The lowest BCUT2D eigenvalue weighted by Crippen LogP contribution is -1.94. The third-order valence-corrected chi connectivity index (χ3v) is 8.10. The first-order valence-corrected chi connectivity index (χ1v) is 17.5. The van der Waals surface area contributed by atoms with Crippen molar-refractivity contribution < 1.29 is 0 Å². The highest BCUT2D eigenvalue weighted by Crippen LogP contribution is 2.16. The van der Waals surface area contributed by atoms with Crippen LogP contribution in [-0.4, -0.2) is 21.1 Å². The van der Waals surface area contributed by atoms with Crippen molar-refractivity contribution in [3.63, 3.8) is 0 Å². The van der Waals surface area contributed by atoms with Gasteiger partial charge in [-0.2, -0.15) is 0 Å². The van der Waals surface area contributed by atoms with Gasteiger partial charge in [-0.25, -0.2) is 0 Å². The molecule has 0 spiro atoms. The van der Waals surface area contributed by atoms with Gasteiger partial charge in [-0.05, 0) is 139 Å². The Hall–Kier alpha value is -6.32. The lowest BCUT2D eigenvalue weighted by Gasteiger charge is -2.05. The van der Waals surface area contributed by atoms with Gasteiger partial charge in [0, 0.05) is 60.8 Å². The number of nitrogen functional groups attached to an aromatic ring is 3. The zero-order valence-electron chi connectivity index (χ0n) is 31.0. The van der Waals surface area contributed by atoms with Crippen LogP contribution in [0.2, 0.25) is 0 Å². The zero-order valence-corrected chi connectivity index (χ0v) is 31.0. The lowest BCUT2D eigenvalue weighted by atomic mass is 10.0. The fraction of sp³-hybridized carbons (Fsp3) is 0.174. The van der Waals surface area contributed by atoms with E-state index in [1.54, 1.807) is 12.1 Å². The van der Waals surface area contributed by atoms with Crippen molar-refractivity contribution in [2.75, 3.05) is 54.3 Å². The third kappa shape index (κ3) is 15.5. The summed E-state index contributed by atoms with van der Waals surface area (Å²) < 4.78 is 0. The largest absolute Gasteiger partial charge is 0.399 e. The van der Waals surface area contributed by atoms with Gasteiger partial charge in [-0.1, -0.05) is 72.7 Å². The first-order chi connectivity index (χ1) is 25.2. The van der Waals surface area contributed by atoms with Crippen LogP contribution in [0.4, 0.5) is 34.1 Å². The van der Waals surface area contributed by atoms with Gasteiger partial charge in [0.1, 0.15) is 0 Å². The second kappa shape index (κ2) is 22.4. The van der Waals surface area contributed by atoms with E-state index in [1.165, 1.54) is 33.5 Å². The Morgan fingerprint density at radius 3 is 1.12 bits per heavy atom. The van der Waals surface area contributed by atoms with E-state index in [4.69, 9.17) is 23.6 Å². The van der Waals surface area contributed by atoms with Gasteiger partial charge in [-0.15, -0.1) is 6.42 Å². The standard InChI is InChI=1S/2C15H18N2.C8H11N.C8H7N/c2*1-17-15-7-3-5-13(11-15)9-8-12-4-2-6-14(16)10-12;1-7-4-3-5-8(6-7)9-2;1-2-7-4-3-5-8(9)6-7/h2*2-7,10-11,17H,8-9,16H2,1H3;3-6,9H,1-2H3;1,3-6H,9H2. The highest BCUT2D eigenvalue weighted by molar-refractivity contribution is 5.48. The van der Waals surface area contributed by atoms with Crippen LogP contribution >= 0.6 is 0 Å². The molecule has 6 heteroatoms. The number of terminal acetylenes is 1. The van der Waals surface area contributed by atoms with E-state index in [9.17, 15) is 0 Å². The topological polar surface area (TPSA) is 114 Å². The van der Waals surface area contributed by atoms with Gasteiger partial charge >= 0.3 is 0 Å². The molecule has 268 valence electrons. The summed E-state index contributed by atoms with van der Waals surface area (Å²) in [5, 5.41) is 9.38. The third-order valence-electron chi connectivity index (χ3n) is 8.10. The molecule has 6 rings (SSSR count). The molecule has 0 radical (unpaired) electrons. The molecule has 0 bridgehead atoms. The second-order valence-electron chi connectivity index (χ2n) is 12.3. The molecule has 0 aliphatic rings. The number of nitrogens with one attached hydrogen (secondary N) is 3. The molecule has 6 aromatic rings. The van der Waals surface area contributed by atoms with Gasteiger partial charge in [0.25, 0.3) is 0 Å². The summed E-state index contributed by atoms with van der Waals surface area (Å²) in [6.07, 6.45) is 9.25. The smallest absolute Gasteiger partial charge is 0.0340 e. The minimum Gasteiger partial charge on any atom is -0.399 e. The van der Waals surface area contributed by atoms with E-state index in [2.05, 4.69) is 102 Å². The molecule has 0 unspecified atom stereocenters. The van der Waals surface area contributed by atoms with Crippen molar-refractivity contribution in [2.45, 2.75) is 32.6 Å². The minimum absolute atomic E-state index is 0.713. The Labute approximate surface area is 311 Å². The molecule has 6 aromatic carbocycles. The molecule has 52 heavy (non-hydrogen) atoms. The van der Waals surface area contributed by atoms with E-state index in [0.29, 0.717) is 5.69 Å². The molecule has 0 aromatic heterocycles. The van der Waals surface area contributed by atoms with Crippen molar-refractivity contribution in [3.05, 3.63) is 179 Å². The summed E-state index contributed by atoms with van der Waals surface area (Å²) in [7, 11) is 5.81. The van der Waals surface area contributed by atoms with Gasteiger partial charge in [0.15, 0.2) is 0 Å². The van der Waals surface area contributed by atoms with E-state index in [0.717, 1.165) is 54.0 Å². The van der Waals surface area contributed by atoms with Crippen LogP contribution < -0.4 is 33.2 Å². The SMILES string of the molecule is C#Cc1cccc(N)c1.CNc1cccc(C)c1.CNc1cccc(CCc2cccc(N)c2)c1.CNc1cccc(CCc2cccc(N)c2)c1. The lowest BCUT2D eigenvalue weighted by molar-refractivity contribution is 0.961. The van der Waals surface area contributed by atoms with Gasteiger partial charge in [-0.3, -0.25) is 0 Å². The molecule has 0 saturated carbocycles. The Kier molecular flexibility index (Phi) is 17.3. The van der Waals surface area contributed by atoms with Crippen LogP contribution in [0.1, 0.15) is 33.4 Å². The van der Waals surface area contributed by atoms with Crippen LogP contribution in [-0.2, 0) is 25.7 Å². The molecule has 0 amide bonds. The molecule has 0 aliphatic heterocycles. The van der Waals surface area contributed by atoms with Gasteiger partial charge in [0.05, 0.1) is 0 Å². The molecule has 0 aliphatic carbocycles. The molecule has 9 N–H and O–H groups in total. The molecule has 0 atom stereocenters.